The average Bonchev–Trinajstić information content (AvgIpc) is 3.03. The molecule has 7 nitrogen and oxygen atoms in total. The first kappa shape index (κ1) is 15.8. The summed E-state index contributed by atoms with van der Waals surface area (Å²) < 4.78 is 0. The molecule has 0 aromatic carbocycles. The van der Waals surface area contributed by atoms with E-state index >= 15 is 0 Å². The van der Waals surface area contributed by atoms with Crippen LogP contribution in [0.5, 0.6) is 0 Å². The molecular formula is C14H12N2O5S2. The van der Waals surface area contributed by atoms with Crippen LogP contribution in [-0.4, -0.2) is 51.2 Å². The monoisotopic (exact) mass is 352 g/mol. The molecule has 1 saturated heterocycles. The van der Waals surface area contributed by atoms with Crippen molar-refractivity contribution in [3.05, 3.63) is 33.7 Å². The number of β-lactam (4-membered cyclic amide) rings is 1. The highest BCUT2D eigenvalue weighted by Crippen LogP contribution is 2.39. The van der Waals surface area contributed by atoms with Gasteiger partial charge in [-0.1, -0.05) is 6.07 Å². The Kier molecular flexibility index (Phi) is 4.22. The van der Waals surface area contributed by atoms with Crippen molar-refractivity contribution in [1.82, 2.24) is 10.2 Å². The third kappa shape index (κ3) is 2.77. The van der Waals surface area contributed by atoms with Crippen LogP contribution >= 0.6 is 23.1 Å². The second kappa shape index (κ2) is 6.17. The fourth-order valence-corrected chi connectivity index (χ4v) is 4.52. The zero-order chi connectivity index (χ0) is 16.6. The highest BCUT2D eigenvalue weighted by Gasteiger charge is 2.54. The van der Waals surface area contributed by atoms with E-state index in [9.17, 15) is 24.3 Å². The van der Waals surface area contributed by atoms with Crippen LogP contribution in [0.2, 0.25) is 0 Å². The van der Waals surface area contributed by atoms with Crippen LogP contribution < -0.4 is 5.32 Å². The number of rotatable bonds is 5. The van der Waals surface area contributed by atoms with Crippen molar-refractivity contribution in [2.24, 2.45) is 0 Å². The Balaban J connectivity index is 1.71. The smallest absolute Gasteiger partial charge is 0.353 e. The second-order valence-electron chi connectivity index (χ2n) is 5.01. The summed E-state index contributed by atoms with van der Waals surface area (Å²) in [6, 6.07) is 2.91. The first-order valence-electron chi connectivity index (χ1n) is 6.71. The van der Waals surface area contributed by atoms with Gasteiger partial charge in [0.05, 0.1) is 6.42 Å². The number of hydrogen-bond acceptors (Lipinski definition) is 6. The van der Waals surface area contributed by atoms with Crippen molar-refractivity contribution in [2.75, 3.05) is 5.75 Å². The van der Waals surface area contributed by atoms with E-state index in [0.717, 1.165) is 9.78 Å². The summed E-state index contributed by atoms with van der Waals surface area (Å²) >= 11 is 2.72. The molecule has 0 aliphatic carbocycles. The van der Waals surface area contributed by atoms with Gasteiger partial charge in [-0.25, -0.2) is 4.79 Å². The number of nitrogens with zero attached hydrogens (tertiary/aromatic N) is 1. The number of thioether (sulfide) groups is 1. The topological polar surface area (TPSA) is 104 Å². The quantitative estimate of drug-likeness (QED) is 0.581. The number of carbonyl (C=O) groups is 4. The largest absolute Gasteiger partial charge is 0.477 e. The third-order valence-electron chi connectivity index (χ3n) is 3.57. The molecular weight excluding hydrogens is 340 g/mol. The van der Waals surface area contributed by atoms with E-state index in [1.807, 2.05) is 17.5 Å². The first-order chi connectivity index (χ1) is 11.0. The molecule has 23 heavy (non-hydrogen) atoms. The molecule has 0 saturated carbocycles. The van der Waals surface area contributed by atoms with Crippen LogP contribution in [0.25, 0.3) is 0 Å². The standard InChI is InChI=1S/C14H12N2O5S2/c17-5-7-6-23-13-10(12(19)16(13)11(7)14(20)21)15-9(18)4-8-2-1-3-22-8/h1-3,5,10,13H,4,6H2,(H,15,18)(H,20,21)/t10-,13-/m1/s1. The van der Waals surface area contributed by atoms with Gasteiger partial charge in [0.2, 0.25) is 5.91 Å². The van der Waals surface area contributed by atoms with Crippen LogP contribution in [-0.2, 0) is 25.6 Å². The lowest BCUT2D eigenvalue weighted by Crippen LogP contribution is -2.70. The molecule has 0 unspecified atom stereocenters. The normalized spacial score (nSPS) is 23.1. The number of fused-ring (bicyclic) bond motifs is 1. The van der Waals surface area contributed by atoms with Gasteiger partial charge in [0.25, 0.3) is 5.91 Å². The maximum absolute atomic E-state index is 12.2. The van der Waals surface area contributed by atoms with Gasteiger partial charge in [-0.05, 0) is 11.4 Å². The molecule has 0 spiro atoms. The Morgan fingerprint density at radius 1 is 1.48 bits per heavy atom. The second-order valence-corrected chi connectivity index (χ2v) is 7.15. The van der Waals surface area contributed by atoms with Gasteiger partial charge in [-0.2, -0.15) is 0 Å². The number of carboxylic acid groups (broad SMARTS) is 1. The molecule has 1 fully saturated rings. The lowest BCUT2D eigenvalue weighted by Gasteiger charge is -2.49. The minimum absolute atomic E-state index is 0.0791. The highest BCUT2D eigenvalue weighted by atomic mass is 32.2. The maximum Gasteiger partial charge on any atom is 0.353 e. The lowest BCUT2D eigenvalue weighted by atomic mass is 10.0. The Hall–Kier alpha value is -2.13. The molecule has 2 atom stereocenters. The van der Waals surface area contributed by atoms with Gasteiger partial charge in [0.1, 0.15) is 23.4 Å². The third-order valence-corrected chi connectivity index (χ3v) is 5.75. The number of hydrogen-bond donors (Lipinski definition) is 2. The molecule has 1 aromatic rings. The summed E-state index contributed by atoms with van der Waals surface area (Å²) in [6.45, 7) is 0. The van der Waals surface area contributed by atoms with Crippen molar-refractivity contribution < 1.29 is 24.3 Å². The number of carbonyl (C=O) groups excluding carboxylic acids is 3. The molecule has 2 aliphatic heterocycles. The summed E-state index contributed by atoms with van der Waals surface area (Å²) in [7, 11) is 0. The Morgan fingerprint density at radius 3 is 2.87 bits per heavy atom. The summed E-state index contributed by atoms with van der Waals surface area (Å²) in [5.41, 5.74) is -0.201. The van der Waals surface area contributed by atoms with E-state index in [1.165, 1.54) is 23.1 Å². The highest BCUT2D eigenvalue weighted by molar-refractivity contribution is 8.00. The summed E-state index contributed by atoms with van der Waals surface area (Å²) in [5.74, 6) is -1.89. The van der Waals surface area contributed by atoms with Crippen molar-refractivity contribution >= 4 is 47.2 Å². The van der Waals surface area contributed by atoms with Crippen molar-refractivity contribution in [3.63, 3.8) is 0 Å². The van der Waals surface area contributed by atoms with Gasteiger partial charge in [-0.3, -0.25) is 19.3 Å². The number of nitrogens with one attached hydrogen (secondary N) is 1. The maximum atomic E-state index is 12.2. The summed E-state index contributed by atoms with van der Waals surface area (Å²) in [5, 5.41) is 13.2. The fourth-order valence-electron chi connectivity index (χ4n) is 2.53. The Labute approximate surface area is 139 Å². The predicted molar refractivity (Wildman–Crippen MR) is 83.8 cm³/mol. The predicted octanol–water partition coefficient (Wildman–Crippen LogP) is 0.228. The van der Waals surface area contributed by atoms with Gasteiger partial charge in [0.15, 0.2) is 0 Å². The van der Waals surface area contributed by atoms with Gasteiger partial charge >= 0.3 is 5.97 Å². The number of aldehydes is 1. The molecule has 2 aliphatic rings. The van der Waals surface area contributed by atoms with Crippen LogP contribution in [0, 0.1) is 0 Å². The average molecular weight is 352 g/mol. The Morgan fingerprint density at radius 2 is 2.26 bits per heavy atom. The van der Waals surface area contributed by atoms with E-state index in [0.29, 0.717) is 6.29 Å². The minimum Gasteiger partial charge on any atom is -0.477 e. The van der Waals surface area contributed by atoms with E-state index in [2.05, 4.69) is 5.32 Å². The lowest BCUT2D eigenvalue weighted by molar-refractivity contribution is -0.150. The van der Waals surface area contributed by atoms with Crippen molar-refractivity contribution in [3.8, 4) is 0 Å². The molecule has 3 heterocycles. The molecule has 1 aromatic heterocycles. The van der Waals surface area contributed by atoms with Crippen molar-refractivity contribution in [2.45, 2.75) is 17.8 Å². The summed E-state index contributed by atoms with van der Waals surface area (Å²) in [4.78, 5) is 48.4. The fraction of sp³-hybridized carbons (Fsp3) is 0.286. The first-order valence-corrected chi connectivity index (χ1v) is 8.64. The zero-order valence-electron chi connectivity index (χ0n) is 11.7. The number of amides is 2. The van der Waals surface area contributed by atoms with Crippen molar-refractivity contribution in [1.29, 1.82) is 0 Å². The number of thiophene rings is 1. The molecule has 9 heteroatoms. The van der Waals surface area contributed by atoms with E-state index in [-0.39, 0.29) is 29.4 Å². The van der Waals surface area contributed by atoms with E-state index in [1.54, 1.807) is 0 Å². The van der Waals surface area contributed by atoms with Crippen LogP contribution in [0.1, 0.15) is 4.88 Å². The SMILES string of the molecule is O=CC1=C(C(=O)O)N2C(=O)[C@@H](NC(=O)Cc3cccs3)[C@H]2SC1. The summed E-state index contributed by atoms with van der Waals surface area (Å²) in [6.07, 6.45) is 0.642. The molecule has 0 bridgehead atoms. The van der Waals surface area contributed by atoms with Crippen LogP contribution in [0.4, 0.5) is 0 Å². The van der Waals surface area contributed by atoms with Gasteiger partial charge in [0, 0.05) is 16.2 Å². The van der Waals surface area contributed by atoms with Gasteiger partial charge < -0.3 is 10.4 Å². The van der Waals surface area contributed by atoms with Crippen LogP contribution in [0.15, 0.2) is 28.8 Å². The molecule has 120 valence electrons. The molecule has 2 N–H and O–H groups in total. The molecule has 3 rings (SSSR count). The minimum atomic E-state index is -1.31. The van der Waals surface area contributed by atoms with Crippen LogP contribution in [0.3, 0.4) is 0 Å². The van der Waals surface area contributed by atoms with E-state index < -0.39 is 23.3 Å². The molecule has 0 radical (unpaired) electrons. The number of carboxylic acids is 1. The molecule has 2 amide bonds. The number of aliphatic carboxylic acids is 1. The van der Waals surface area contributed by atoms with E-state index in [4.69, 9.17) is 0 Å². The zero-order valence-corrected chi connectivity index (χ0v) is 13.4. The van der Waals surface area contributed by atoms with Gasteiger partial charge in [-0.15, -0.1) is 23.1 Å². The Bertz CT molecular complexity index is 713.